The number of amides is 2. The molecule has 0 saturated heterocycles. The van der Waals surface area contributed by atoms with Crippen molar-refractivity contribution in [2.24, 2.45) is 0 Å². The molecule has 6 nitrogen and oxygen atoms in total. The first-order valence-corrected chi connectivity index (χ1v) is 9.04. The Morgan fingerprint density at radius 2 is 1.78 bits per heavy atom. The van der Waals surface area contributed by atoms with E-state index >= 15 is 0 Å². The predicted molar refractivity (Wildman–Crippen MR) is 105 cm³/mol. The maximum absolute atomic E-state index is 12.3. The van der Waals surface area contributed by atoms with Crippen LogP contribution in [0.2, 0.25) is 10.0 Å². The van der Waals surface area contributed by atoms with Gasteiger partial charge in [0.05, 0.1) is 25.2 Å². The van der Waals surface area contributed by atoms with Gasteiger partial charge in [-0.1, -0.05) is 42.3 Å². The molecule has 0 radical (unpaired) electrons. The largest absolute Gasteiger partial charge is 0.493 e. The molecular formula is C19H20Cl2N2O4. The normalized spacial score (nSPS) is 10.2. The summed E-state index contributed by atoms with van der Waals surface area (Å²) >= 11 is 12.0. The van der Waals surface area contributed by atoms with E-state index in [1.165, 1.54) is 19.2 Å². The van der Waals surface area contributed by atoms with E-state index in [0.29, 0.717) is 23.1 Å². The molecule has 0 fully saturated rings. The summed E-state index contributed by atoms with van der Waals surface area (Å²) < 4.78 is 10.8. The van der Waals surface area contributed by atoms with Crippen LogP contribution < -0.4 is 20.3 Å². The van der Waals surface area contributed by atoms with Gasteiger partial charge < -0.3 is 9.47 Å². The molecule has 0 unspecified atom stereocenters. The number of nitrogens with one attached hydrogen (secondary N) is 2. The smallest absolute Gasteiger partial charge is 0.269 e. The third kappa shape index (κ3) is 6.05. The molecule has 0 atom stereocenters. The first-order valence-electron chi connectivity index (χ1n) is 8.28. The lowest BCUT2D eigenvalue weighted by Gasteiger charge is -2.14. The van der Waals surface area contributed by atoms with Crippen molar-refractivity contribution in [1.29, 1.82) is 0 Å². The number of hydrogen-bond donors (Lipinski definition) is 2. The number of carbonyl (C=O) groups is 2. The third-order valence-corrected chi connectivity index (χ3v) is 4.07. The van der Waals surface area contributed by atoms with Crippen molar-refractivity contribution < 1.29 is 19.1 Å². The number of benzene rings is 2. The maximum atomic E-state index is 12.3. The zero-order valence-corrected chi connectivity index (χ0v) is 16.5. The van der Waals surface area contributed by atoms with E-state index in [9.17, 15) is 9.59 Å². The van der Waals surface area contributed by atoms with Gasteiger partial charge in [-0.3, -0.25) is 20.4 Å². The van der Waals surface area contributed by atoms with Gasteiger partial charge in [-0.25, -0.2) is 0 Å². The number of hydrazine groups is 1. The summed E-state index contributed by atoms with van der Waals surface area (Å²) in [6.07, 6.45) is 0.909. The number of rotatable bonds is 7. The Kier molecular flexibility index (Phi) is 7.76. The van der Waals surface area contributed by atoms with E-state index in [1.807, 2.05) is 6.92 Å². The number of carbonyl (C=O) groups excluding carboxylic acids is 2. The average Bonchev–Trinajstić information content (AvgIpc) is 2.66. The lowest BCUT2D eigenvalue weighted by Crippen LogP contribution is -2.42. The van der Waals surface area contributed by atoms with E-state index in [2.05, 4.69) is 10.9 Å². The zero-order chi connectivity index (χ0) is 19.8. The van der Waals surface area contributed by atoms with Gasteiger partial charge >= 0.3 is 0 Å². The fraction of sp³-hybridized carbons (Fsp3) is 0.263. The third-order valence-electron chi connectivity index (χ3n) is 3.54. The van der Waals surface area contributed by atoms with Crippen LogP contribution in [0.1, 0.15) is 29.3 Å². The molecule has 2 amide bonds. The second-order valence-corrected chi connectivity index (χ2v) is 6.49. The van der Waals surface area contributed by atoms with Gasteiger partial charge in [0, 0.05) is 10.6 Å². The average molecular weight is 411 g/mol. The van der Waals surface area contributed by atoms with Gasteiger partial charge in [0.25, 0.3) is 5.91 Å². The molecule has 0 bridgehead atoms. The van der Waals surface area contributed by atoms with Crippen molar-refractivity contribution in [3.05, 3.63) is 57.6 Å². The summed E-state index contributed by atoms with van der Waals surface area (Å²) in [6.45, 7) is 2.44. The van der Waals surface area contributed by atoms with Crippen LogP contribution in [0.25, 0.3) is 0 Å². The molecule has 27 heavy (non-hydrogen) atoms. The van der Waals surface area contributed by atoms with E-state index in [0.717, 1.165) is 12.0 Å². The molecule has 2 rings (SSSR count). The molecule has 2 N–H and O–H groups in total. The summed E-state index contributed by atoms with van der Waals surface area (Å²) in [5.74, 6) is -0.175. The van der Waals surface area contributed by atoms with Crippen LogP contribution in [0.4, 0.5) is 0 Å². The van der Waals surface area contributed by atoms with Crippen molar-refractivity contribution in [3.63, 3.8) is 0 Å². The number of ether oxygens (including phenoxy) is 2. The first-order chi connectivity index (χ1) is 12.9. The quantitative estimate of drug-likeness (QED) is 0.680. The Hall–Kier alpha value is -2.44. The van der Waals surface area contributed by atoms with E-state index in [-0.39, 0.29) is 22.9 Å². The molecule has 0 aliphatic carbocycles. The van der Waals surface area contributed by atoms with Gasteiger partial charge in [0.15, 0.2) is 11.5 Å². The minimum Gasteiger partial charge on any atom is -0.493 e. The minimum atomic E-state index is -0.526. The molecule has 0 saturated carbocycles. The van der Waals surface area contributed by atoms with Crippen molar-refractivity contribution in [2.75, 3.05) is 13.7 Å². The van der Waals surface area contributed by atoms with Crippen LogP contribution in [0, 0.1) is 0 Å². The minimum absolute atomic E-state index is 0.103. The van der Waals surface area contributed by atoms with Crippen molar-refractivity contribution >= 4 is 35.0 Å². The van der Waals surface area contributed by atoms with Crippen LogP contribution in [0.5, 0.6) is 11.5 Å². The highest BCUT2D eigenvalue weighted by atomic mass is 35.5. The van der Waals surface area contributed by atoms with Crippen LogP contribution in [-0.4, -0.2) is 25.5 Å². The van der Waals surface area contributed by atoms with Gasteiger partial charge in [-0.05, 0) is 36.2 Å². The topological polar surface area (TPSA) is 76.7 Å². The second-order valence-electron chi connectivity index (χ2n) is 5.64. The highest BCUT2D eigenvalue weighted by Gasteiger charge is 2.16. The van der Waals surface area contributed by atoms with Crippen LogP contribution in [-0.2, 0) is 11.2 Å². The Morgan fingerprint density at radius 1 is 1.07 bits per heavy atom. The highest BCUT2D eigenvalue weighted by Crippen LogP contribution is 2.36. The maximum Gasteiger partial charge on any atom is 0.269 e. The highest BCUT2D eigenvalue weighted by molar-refractivity contribution is 6.32. The predicted octanol–water partition coefficient (Wildman–Crippen LogP) is 3.79. The van der Waals surface area contributed by atoms with E-state index in [1.54, 1.807) is 24.3 Å². The molecule has 0 spiro atoms. The lowest BCUT2D eigenvalue weighted by molar-refractivity contribution is -0.121. The van der Waals surface area contributed by atoms with Gasteiger partial charge in [-0.15, -0.1) is 0 Å². The molecule has 0 aliphatic rings. The van der Waals surface area contributed by atoms with E-state index < -0.39 is 5.91 Å². The van der Waals surface area contributed by atoms with Crippen molar-refractivity contribution in [2.45, 2.75) is 19.8 Å². The zero-order valence-electron chi connectivity index (χ0n) is 15.0. The van der Waals surface area contributed by atoms with Crippen LogP contribution >= 0.6 is 23.2 Å². The van der Waals surface area contributed by atoms with Crippen LogP contribution in [0.3, 0.4) is 0 Å². The lowest BCUT2D eigenvalue weighted by atomic mass is 10.1. The van der Waals surface area contributed by atoms with Gasteiger partial charge in [0.2, 0.25) is 5.91 Å². The Labute approximate surface area is 167 Å². The Morgan fingerprint density at radius 3 is 2.41 bits per heavy atom. The number of halogens is 2. The summed E-state index contributed by atoms with van der Waals surface area (Å²) in [5.41, 5.74) is 5.72. The SMILES string of the molecule is CCCOc1c(Cl)cc(C(=O)NNC(=O)Cc2ccc(Cl)cc2)cc1OC. The molecule has 0 aliphatic heterocycles. The molecule has 2 aromatic carbocycles. The standard InChI is InChI=1S/C19H20Cl2N2O4/c1-3-8-27-18-15(21)10-13(11-16(18)26-2)19(25)23-22-17(24)9-12-4-6-14(20)7-5-12/h4-7,10-11H,3,8-9H2,1-2H3,(H,22,24)(H,23,25). The molecule has 144 valence electrons. The van der Waals surface area contributed by atoms with Crippen molar-refractivity contribution in [1.82, 2.24) is 10.9 Å². The van der Waals surface area contributed by atoms with Gasteiger partial charge in [-0.2, -0.15) is 0 Å². The fourth-order valence-electron chi connectivity index (χ4n) is 2.23. The van der Waals surface area contributed by atoms with E-state index in [4.69, 9.17) is 32.7 Å². The number of hydrogen-bond acceptors (Lipinski definition) is 4. The first kappa shape index (κ1) is 20.9. The summed E-state index contributed by atoms with van der Waals surface area (Å²) in [7, 11) is 1.46. The number of methoxy groups -OCH3 is 1. The fourth-order valence-corrected chi connectivity index (χ4v) is 2.62. The summed E-state index contributed by atoms with van der Waals surface area (Å²) in [5, 5.41) is 0.838. The molecule has 2 aromatic rings. The molecular weight excluding hydrogens is 391 g/mol. The van der Waals surface area contributed by atoms with Crippen LogP contribution in [0.15, 0.2) is 36.4 Å². The molecule has 0 aromatic heterocycles. The molecule has 8 heteroatoms. The van der Waals surface area contributed by atoms with Gasteiger partial charge in [0.1, 0.15) is 0 Å². The van der Waals surface area contributed by atoms with Crippen molar-refractivity contribution in [3.8, 4) is 11.5 Å². The summed E-state index contributed by atoms with van der Waals surface area (Å²) in [4.78, 5) is 24.3. The second kappa shape index (κ2) is 10.0. The Bertz CT molecular complexity index is 810. The Balaban J connectivity index is 1.99. The summed E-state index contributed by atoms with van der Waals surface area (Å²) in [6, 6.07) is 9.82. The molecule has 0 heterocycles. The monoisotopic (exact) mass is 410 g/mol.